The maximum absolute atomic E-state index is 13.8. The predicted octanol–water partition coefficient (Wildman–Crippen LogP) is 4.26. The third-order valence-electron chi connectivity index (χ3n) is 6.09. The quantitative estimate of drug-likeness (QED) is 0.677. The van der Waals surface area contributed by atoms with E-state index in [4.69, 9.17) is 0 Å². The van der Waals surface area contributed by atoms with Gasteiger partial charge in [-0.25, -0.2) is 0 Å². The molecule has 1 heterocycles. The Balaban J connectivity index is 1.92. The van der Waals surface area contributed by atoms with E-state index in [9.17, 15) is 23.5 Å². The molecular weight excluding hydrogens is 407 g/mol. The van der Waals surface area contributed by atoms with Crippen LogP contribution in [-0.2, 0) is 0 Å². The number of aliphatic hydroxyl groups excluding tert-OH is 1. The van der Waals surface area contributed by atoms with E-state index in [0.29, 0.717) is 30.8 Å². The highest BCUT2D eigenvalue weighted by atomic mass is 19.4. The first kappa shape index (κ1) is 23.2. The largest absolute Gasteiger partial charge is 0.393 e. The molecule has 0 radical (unpaired) electrons. The van der Waals surface area contributed by atoms with Crippen LogP contribution in [0.4, 0.5) is 30.2 Å². The number of hydrogen-bond acceptors (Lipinski definition) is 6. The zero-order valence-electron chi connectivity index (χ0n) is 17.6. The number of halogens is 3. The third kappa shape index (κ3) is 5.43. The van der Waals surface area contributed by atoms with Crippen molar-refractivity contribution in [2.75, 3.05) is 18.0 Å². The number of rotatable bonds is 5. The summed E-state index contributed by atoms with van der Waals surface area (Å²) in [6.07, 6.45) is -0.269. The Morgan fingerprint density at radius 1 is 1.19 bits per heavy atom. The van der Waals surface area contributed by atoms with E-state index in [1.54, 1.807) is 24.0 Å². The van der Waals surface area contributed by atoms with Gasteiger partial charge in [0, 0.05) is 31.4 Å². The van der Waals surface area contributed by atoms with Gasteiger partial charge >= 0.3 is 6.18 Å². The summed E-state index contributed by atoms with van der Waals surface area (Å²) in [6.45, 7) is 5.42. The van der Waals surface area contributed by atoms with E-state index in [2.05, 4.69) is 22.0 Å². The van der Waals surface area contributed by atoms with Gasteiger partial charge in [-0.05, 0) is 57.9 Å². The minimum absolute atomic E-state index is 0.00821. The fraction of sp³-hybridized carbons (Fsp3) is 0.591. The van der Waals surface area contributed by atoms with Gasteiger partial charge < -0.3 is 15.3 Å². The van der Waals surface area contributed by atoms with Crippen molar-refractivity contribution in [3.05, 3.63) is 17.7 Å². The Labute approximate surface area is 180 Å². The Morgan fingerprint density at radius 3 is 2.48 bits per heavy atom. The van der Waals surface area contributed by atoms with Crippen LogP contribution in [0.15, 0.2) is 22.1 Å². The van der Waals surface area contributed by atoms with Crippen molar-refractivity contribution in [1.29, 1.82) is 5.26 Å². The van der Waals surface area contributed by atoms with Gasteiger partial charge in [-0.15, -0.1) is 0 Å². The monoisotopic (exact) mass is 435 g/mol. The highest BCUT2D eigenvalue weighted by molar-refractivity contribution is 5.86. The lowest BCUT2D eigenvalue weighted by atomic mass is 9.89. The summed E-state index contributed by atoms with van der Waals surface area (Å²) in [5, 5.41) is 22.5. The molecule has 2 atom stereocenters. The Bertz CT molecular complexity index is 856. The number of alkyl halides is 3. The van der Waals surface area contributed by atoms with Crippen molar-refractivity contribution in [2.24, 2.45) is 15.9 Å². The van der Waals surface area contributed by atoms with Gasteiger partial charge in [-0.3, -0.25) is 9.98 Å². The lowest BCUT2D eigenvalue weighted by molar-refractivity contribution is -0.177. The van der Waals surface area contributed by atoms with Crippen molar-refractivity contribution >= 4 is 30.0 Å². The second-order valence-corrected chi connectivity index (χ2v) is 8.23. The molecule has 0 amide bonds. The van der Waals surface area contributed by atoms with Gasteiger partial charge in [0.25, 0.3) is 0 Å². The summed E-state index contributed by atoms with van der Waals surface area (Å²) >= 11 is 0. The highest BCUT2D eigenvalue weighted by Gasteiger charge is 2.45. The van der Waals surface area contributed by atoms with Gasteiger partial charge in [0.05, 0.1) is 23.3 Å². The minimum atomic E-state index is -4.32. The second-order valence-electron chi connectivity index (χ2n) is 8.23. The second kappa shape index (κ2) is 9.79. The fourth-order valence-electron chi connectivity index (χ4n) is 4.56. The summed E-state index contributed by atoms with van der Waals surface area (Å²) in [7, 11) is 0. The van der Waals surface area contributed by atoms with Crippen LogP contribution in [0.3, 0.4) is 0 Å². The normalized spacial score (nSPS) is 27.3. The topological polar surface area (TPSA) is 84.0 Å². The molecule has 0 bridgehead atoms. The first-order valence-corrected chi connectivity index (χ1v) is 10.5. The molecule has 1 aromatic carbocycles. The van der Waals surface area contributed by atoms with Crippen LogP contribution in [0, 0.1) is 17.2 Å². The summed E-state index contributed by atoms with van der Waals surface area (Å²) in [5.74, 6) is -1.48. The third-order valence-corrected chi connectivity index (χ3v) is 6.09. The summed E-state index contributed by atoms with van der Waals surface area (Å²) in [6, 6.07) is 4.98. The molecular formula is C22H28F3N5O. The minimum Gasteiger partial charge on any atom is -0.393 e. The SMILES string of the molecule is C=Nc1c(C#N)ccc(N2CC(NC3CCC(O)CC3)CC(C(F)(F)F)C2)c1/N=C\C. The number of nitrogens with zero attached hydrogens (tertiary/aromatic N) is 4. The number of aliphatic hydroxyl groups is 1. The van der Waals surface area contributed by atoms with E-state index in [0.717, 1.165) is 12.8 Å². The summed E-state index contributed by atoms with van der Waals surface area (Å²) in [4.78, 5) is 9.93. The molecule has 168 valence electrons. The van der Waals surface area contributed by atoms with Crippen LogP contribution in [0.25, 0.3) is 0 Å². The smallest absolute Gasteiger partial charge is 0.393 e. The van der Waals surface area contributed by atoms with Crippen molar-refractivity contribution < 1.29 is 18.3 Å². The number of benzene rings is 1. The lowest BCUT2D eigenvalue weighted by Crippen LogP contribution is -2.55. The van der Waals surface area contributed by atoms with E-state index in [1.165, 1.54) is 6.21 Å². The Hall–Kier alpha value is -2.44. The van der Waals surface area contributed by atoms with Gasteiger partial charge in [-0.1, -0.05) is 0 Å². The van der Waals surface area contributed by atoms with E-state index in [-0.39, 0.29) is 42.4 Å². The van der Waals surface area contributed by atoms with Gasteiger partial charge in [-0.2, -0.15) is 18.4 Å². The van der Waals surface area contributed by atoms with Crippen LogP contribution in [0.5, 0.6) is 0 Å². The Kier molecular flexibility index (Phi) is 7.34. The molecule has 1 saturated carbocycles. The standard InChI is InChI=1S/C22H28F3N5O/c1-3-28-21-19(9-4-14(11-26)20(21)27-2)30-12-15(22(23,24)25)10-17(13-30)29-16-5-7-18(31)8-6-16/h3-4,9,15-18,29,31H,2,5-8,10,12-13H2,1H3/b28-3-. The molecule has 6 nitrogen and oxygen atoms in total. The van der Waals surface area contributed by atoms with E-state index in [1.807, 2.05) is 6.07 Å². The summed E-state index contributed by atoms with van der Waals surface area (Å²) in [5.41, 5.74) is 1.43. The maximum atomic E-state index is 13.8. The maximum Gasteiger partial charge on any atom is 0.393 e. The number of anilines is 1. The average Bonchev–Trinajstić information content (AvgIpc) is 2.74. The zero-order valence-corrected chi connectivity index (χ0v) is 17.6. The zero-order chi connectivity index (χ0) is 22.6. The molecule has 2 fully saturated rings. The highest BCUT2D eigenvalue weighted by Crippen LogP contribution is 2.43. The lowest BCUT2D eigenvalue weighted by Gasteiger charge is -2.42. The molecule has 2 aliphatic rings. The van der Waals surface area contributed by atoms with Gasteiger partial charge in [0.1, 0.15) is 17.4 Å². The Morgan fingerprint density at radius 2 is 1.90 bits per heavy atom. The number of nitriles is 1. The van der Waals surface area contributed by atoms with Crippen LogP contribution in [0.2, 0.25) is 0 Å². The average molecular weight is 435 g/mol. The van der Waals surface area contributed by atoms with Crippen molar-refractivity contribution in [1.82, 2.24) is 5.32 Å². The molecule has 3 rings (SSSR count). The molecule has 1 aliphatic heterocycles. The number of nitrogens with one attached hydrogen (secondary N) is 1. The number of aliphatic imine (C=N–C) groups is 2. The van der Waals surface area contributed by atoms with Gasteiger partial charge in [0.15, 0.2) is 0 Å². The van der Waals surface area contributed by atoms with Crippen LogP contribution in [-0.4, -0.2) is 55.5 Å². The first-order valence-electron chi connectivity index (χ1n) is 10.5. The van der Waals surface area contributed by atoms with Crippen LogP contribution >= 0.6 is 0 Å². The first-order chi connectivity index (χ1) is 14.8. The molecule has 1 aromatic rings. The summed E-state index contributed by atoms with van der Waals surface area (Å²) < 4.78 is 41.3. The molecule has 31 heavy (non-hydrogen) atoms. The van der Waals surface area contributed by atoms with Crippen molar-refractivity contribution in [3.63, 3.8) is 0 Å². The fourth-order valence-corrected chi connectivity index (χ4v) is 4.56. The molecule has 0 spiro atoms. The van der Waals surface area contributed by atoms with Crippen molar-refractivity contribution in [2.45, 2.75) is 63.4 Å². The molecule has 1 aliphatic carbocycles. The van der Waals surface area contributed by atoms with E-state index < -0.39 is 12.1 Å². The molecule has 2 N–H and O–H groups in total. The van der Waals surface area contributed by atoms with Crippen LogP contribution in [0.1, 0.15) is 44.6 Å². The van der Waals surface area contributed by atoms with Crippen molar-refractivity contribution in [3.8, 4) is 6.07 Å². The van der Waals surface area contributed by atoms with Crippen LogP contribution < -0.4 is 10.2 Å². The molecule has 0 aromatic heterocycles. The van der Waals surface area contributed by atoms with E-state index >= 15 is 0 Å². The molecule has 9 heteroatoms. The number of piperidine rings is 1. The molecule has 2 unspecified atom stereocenters. The van der Waals surface area contributed by atoms with Gasteiger partial charge in [0.2, 0.25) is 0 Å². The number of hydrogen-bond donors (Lipinski definition) is 2. The predicted molar refractivity (Wildman–Crippen MR) is 116 cm³/mol. The molecule has 1 saturated heterocycles.